The number of para-hydroxylation sites is 1. The fraction of sp³-hybridized carbons (Fsp3) is 0.0870. The van der Waals surface area contributed by atoms with E-state index in [4.69, 9.17) is 5.10 Å². The highest BCUT2D eigenvalue weighted by Crippen LogP contribution is 2.23. The fourth-order valence-electron chi connectivity index (χ4n) is 3.15. The smallest absolute Gasteiger partial charge is 0.251 e. The standard InChI is InChI=1S/C23H20N4O3S/c1-31(29,30)21-9-5-6-18(14-21)23(28)25-15-19-16-27(20-7-3-2-4-8-20)26-22(19)17-10-12-24-13-11-17/h2-14,16H,15H2,1H3,(H,25,28). The van der Waals surface area contributed by atoms with Crippen molar-refractivity contribution in [1.29, 1.82) is 0 Å². The first kappa shape index (κ1) is 20.5. The Labute approximate surface area is 180 Å². The number of pyridine rings is 1. The SMILES string of the molecule is CS(=O)(=O)c1cccc(C(=O)NCc2cn(-c3ccccc3)nc2-c2ccncc2)c1. The third kappa shape index (κ3) is 4.70. The number of rotatable bonds is 6. The summed E-state index contributed by atoms with van der Waals surface area (Å²) in [4.78, 5) is 16.8. The number of benzene rings is 2. The third-order valence-electron chi connectivity index (χ3n) is 4.73. The number of aromatic nitrogens is 3. The van der Waals surface area contributed by atoms with E-state index in [1.54, 1.807) is 29.2 Å². The minimum Gasteiger partial charge on any atom is -0.348 e. The van der Waals surface area contributed by atoms with Crippen LogP contribution in [0.5, 0.6) is 0 Å². The zero-order chi connectivity index (χ0) is 21.8. The molecule has 0 bridgehead atoms. The molecule has 0 saturated carbocycles. The van der Waals surface area contributed by atoms with E-state index in [0.29, 0.717) is 0 Å². The second kappa shape index (κ2) is 8.53. The second-order valence-corrected chi connectivity index (χ2v) is 9.02. The van der Waals surface area contributed by atoms with E-state index in [1.165, 1.54) is 12.1 Å². The van der Waals surface area contributed by atoms with Crippen LogP contribution in [0.15, 0.2) is 90.2 Å². The first-order chi connectivity index (χ1) is 14.9. The summed E-state index contributed by atoms with van der Waals surface area (Å²) in [6, 6.07) is 19.4. The second-order valence-electron chi connectivity index (χ2n) is 7.00. The molecule has 1 N–H and O–H groups in total. The molecule has 4 aromatic rings. The van der Waals surface area contributed by atoms with Crippen molar-refractivity contribution in [3.8, 4) is 16.9 Å². The van der Waals surface area contributed by atoms with Crippen LogP contribution in [0.3, 0.4) is 0 Å². The van der Waals surface area contributed by atoms with E-state index in [1.807, 2.05) is 48.7 Å². The van der Waals surface area contributed by atoms with Crippen molar-refractivity contribution in [3.05, 3.63) is 96.4 Å². The van der Waals surface area contributed by atoms with Gasteiger partial charge in [0.2, 0.25) is 0 Å². The summed E-state index contributed by atoms with van der Waals surface area (Å²) in [6.45, 7) is 0.229. The molecule has 0 fully saturated rings. The molecule has 0 aliphatic rings. The van der Waals surface area contributed by atoms with Gasteiger partial charge in [-0.05, 0) is 42.5 Å². The Balaban J connectivity index is 1.62. The van der Waals surface area contributed by atoms with Gasteiger partial charge in [-0.2, -0.15) is 5.10 Å². The van der Waals surface area contributed by atoms with Crippen molar-refractivity contribution in [2.75, 3.05) is 6.26 Å². The summed E-state index contributed by atoms with van der Waals surface area (Å²) < 4.78 is 25.3. The number of amides is 1. The van der Waals surface area contributed by atoms with Gasteiger partial charge in [0.1, 0.15) is 0 Å². The van der Waals surface area contributed by atoms with Crippen molar-refractivity contribution in [2.45, 2.75) is 11.4 Å². The predicted octanol–water partition coefficient (Wildman–Crippen LogP) is 3.27. The Hall–Kier alpha value is -3.78. The topological polar surface area (TPSA) is 94.0 Å². The summed E-state index contributed by atoms with van der Waals surface area (Å²) in [5.74, 6) is -0.362. The van der Waals surface area contributed by atoms with E-state index >= 15 is 0 Å². The van der Waals surface area contributed by atoms with Crippen LogP contribution in [0, 0.1) is 0 Å². The monoisotopic (exact) mass is 432 g/mol. The van der Waals surface area contributed by atoms with Gasteiger partial charge >= 0.3 is 0 Å². The van der Waals surface area contributed by atoms with E-state index in [9.17, 15) is 13.2 Å². The van der Waals surface area contributed by atoms with Crippen LogP contribution in [0.1, 0.15) is 15.9 Å². The van der Waals surface area contributed by atoms with E-state index < -0.39 is 9.84 Å². The van der Waals surface area contributed by atoms with E-state index in [-0.39, 0.29) is 22.9 Å². The number of nitrogens with zero attached hydrogens (tertiary/aromatic N) is 3. The Morgan fingerprint density at radius 2 is 1.74 bits per heavy atom. The van der Waals surface area contributed by atoms with Crippen molar-refractivity contribution in [2.24, 2.45) is 0 Å². The molecule has 0 atom stereocenters. The normalized spacial score (nSPS) is 11.3. The zero-order valence-corrected chi connectivity index (χ0v) is 17.6. The molecule has 31 heavy (non-hydrogen) atoms. The lowest BCUT2D eigenvalue weighted by Crippen LogP contribution is -2.23. The molecule has 0 spiro atoms. The molecule has 4 rings (SSSR count). The fourth-order valence-corrected chi connectivity index (χ4v) is 3.82. The predicted molar refractivity (Wildman–Crippen MR) is 118 cm³/mol. The quantitative estimate of drug-likeness (QED) is 0.505. The van der Waals surface area contributed by atoms with Gasteiger partial charge in [-0.25, -0.2) is 13.1 Å². The first-order valence-corrected chi connectivity index (χ1v) is 11.4. The molecular formula is C23H20N4O3S. The van der Waals surface area contributed by atoms with Crippen molar-refractivity contribution < 1.29 is 13.2 Å². The zero-order valence-electron chi connectivity index (χ0n) is 16.8. The largest absolute Gasteiger partial charge is 0.348 e. The third-order valence-corrected chi connectivity index (χ3v) is 5.84. The molecule has 0 unspecified atom stereocenters. The van der Waals surface area contributed by atoms with Gasteiger partial charge in [0.15, 0.2) is 9.84 Å². The molecule has 2 aromatic heterocycles. The number of sulfone groups is 1. The molecule has 7 nitrogen and oxygen atoms in total. The lowest BCUT2D eigenvalue weighted by Gasteiger charge is -2.07. The summed E-state index contributed by atoms with van der Waals surface area (Å²) in [7, 11) is -3.40. The molecule has 0 radical (unpaired) electrons. The first-order valence-electron chi connectivity index (χ1n) is 9.54. The van der Waals surface area contributed by atoms with E-state index in [0.717, 1.165) is 28.8 Å². The van der Waals surface area contributed by atoms with Crippen LogP contribution < -0.4 is 5.32 Å². The number of hydrogen-bond acceptors (Lipinski definition) is 5. The molecule has 1 amide bonds. The molecule has 0 saturated heterocycles. The van der Waals surface area contributed by atoms with Crippen molar-refractivity contribution in [1.82, 2.24) is 20.1 Å². The maximum Gasteiger partial charge on any atom is 0.251 e. The maximum absolute atomic E-state index is 12.7. The molecule has 2 heterocycles. The van der Waals surface area contributed by atoms with Crippen LogP contribution in [0.2, 0.25) is 0 Å². The van der Waals surface area contributed by atoms with Crippen LogP contribution >= 0.6 is 0 Å². The average Bonchev–Trinajstić information content (AvgIpc) is 3.22. The Morgan fingerprint density at radius 3 is 2.45 bits per heavy atom. The van der Waals surface area contributed by atoms with Crippen LogP contribution in [0.4, 0.5) is 0 Å². The summed E-state index contributed by atoms with van der Waals surface area (Å²) >= 11 is 0. The minimum absolute atomic E-state index is 0.106. The molecule has 8 heteroatoms. The lowest BCUT2D eigenvalue weighted by molar-refractivity contribution is 0.0950. The highest BCUT2D eigenvalue weighted by molar-refractivity contribution is 7.90. The Morgan fingerprint density at radius 1 is 1.00 bits per heavy atom. The van der Waals surface area contributed by atoms with Crippen LogP contribution in [0.25, 0.3) is 16.9 Å². The van der Waals surface area contributed by atoms with Gasteiger partial charge in [-0.3, -0.25) is 9.78 Å². The van der Waals surface area contributed by atoms with Gasteiger partial charge in [-0.15, -0.1) is 0 Å². The van der Waals surface area contributed by atoms with Gasteiger partial charge in [-0.1, -0.05) is 24.3 Å². The van der Waals surface area contributed by atoms with Crippen molar-refractivity contribution >= 4 is 15.7 Å². The highest BCUT2D eigenvalue weighted by atomic mass is 32.2. The summed E-state index contributed by atoms with van der Waals surface area (Å²) in [6.07, 6.45) is 6.37. The average molecular weight is 433 g/mol. The van der Waals surface area contributed by atoms with Gasteiger partial charge in [0.05, 0.1) is 16.3 Å². The van der Waals surface area contributed by atoms with Crippen LogP contribution in [-0.4, -0.2) is 35.3 Å². The summed E-state index contributed by atoms with van der Waals surface area (Å²) in [5, 5.41) is 7.57. The highest BCUT2D eigenvalue weighted by Gasteiger charge is 2.15. The lowest BCUT2D eigenvalue weighted by atomic mass is 10.1. The molecule has 0 aliphatic heterocycles. The minimum atomic E-state index is -3.40. The van der Waals surface area contributed by atoms with Gasteiger partial charge in [0, 0.05) is 48.1 Å². The molecule has 156 valence electrons. The molecule has 2 aromatic carbocycles. The Kier molecular flexibility index (Phi) is 5.64. The van der Waals surface area contributed by atoms with Crippen LogP contribution in [-0.2, 0) is 16.4 Å². The van der Waals surface area contributed by atoms with Gasteiger partial charge in [0.25, 0.3) is 5.91 Å². The number of carbonyl (C=O) groups is 1. The molecule has 0 aliphatic carbocycles. The number of carbonyl (C=O) groups excluding carboxylic acids is 1. The van der Waals surface area contributed by atoms with Crippen molar-refractivity contribution in [3.63, 3.8) is 0 Å². The maximum atomic E-state index is 12.7. The molecular weight excluding hydrogens is 412 g/mol. The van der Waals surface area contributed by atoms with Gasteiger partial charge < -0.3 is 5.32 Å². The number of hydrogen-bond donors (Lipinski definition) is 1. The van der Waals surface area contributed by atoms with E-state index in [2.05, 4.69) is 10.3 Å². The number of nitrogens with one attached hydrogen (secondary N) is 1. The Bertz CT molecular complexity index is 1320. The summed E-state index contributed by atoms with van der Waals surface area (Å²) in [5.41, 5.74) is 3.62.